The Labute approximate surface area is 129 Å². The molecule has 1 atom stereocenters. The lowest BCUT2D eigenvalue weighted by molar-refractivity contribution is 0.385. The minimum absolute atomic E-state index is 0.0419. The van der Waals surface area contributed by atoms with Gasteiger partial charge in [0.2, 0.25) is 10.0 Å². The van der Waals surface area contributed by atoms with Gasteiger partial charge in [-0.3, -0.25) is 0 Å². The lowest BCUT2D eigenvalue weighted by atomic mass is 10.2. The van der Waals surface area contributed by atoms with Crippen LogP contribution in [0.25, 0.3) is 0 Å². The van der Waals surface area contributed by atoms with Crippen LogP contribution in [0.3, 0.4) is 0 Å². The van der Waals surface area contributed by atoms with Gasteiger partial charge in [-0.25, -0.2) is 8.42 Å². The van der Waals surface area contributed by atoms with Gasteiger partial charge in [-0.2, -0.15) is 21.3 Å². The zero-order valence-corrected chi connectivity index (χ0v) is 14.0. The molecule has 20 heavy (non-hydrogen) atoms. The largest absolute Gasteiger partial charge is 0.244 e. The van der Waals surface area contributed by atoms with Gasteiger partial charge in [-0.1, -0.05) is 18.5 Å². The maximum Gasteiger partial charge on any atom is 0.244 e. The van der Waals surface area contributed by atoms with E-state index in [0.29, 0.717) is 5.56 Å². The van der Waals surface area contributed by atoms with Crippen molar-refractivity contribution in [2.45, 2.75) is 24.3 Å². The van der Waals surface area contributed by atoms with Crippen LogP contribution in [0.5, 0.6) is 0 Å². The van der Waals surface area contributed by atoms with Crippen LogP contribution in [-0.4, -0.2) is 37.8 Å². The highest BCUT2D eigenvalue weighted by Crippen LogP contribution is 2.27. The molecular formula is C13H17ClN2O2S2. The number of sulfonamides is 1. The Hall–Kier alpha value is -0.740. The number of nitrogens with zero attached hydrogens (tertiary/aromatic N) is 2. The standard InChI is InChI=1S/C13H17ClN2O2S2/c1-4-11(9-19-3)16(2)20(17,18)13-6-5-10(8-15)7-12(13)14/h5-7,11H,4,9H2,1-3H3. The minimum atomic E-state index is -3.65. The zero-order chi connectivity index (χ0) is 15.3. The predicted molar refractivity (Wildman–Crippen MR) is 83.6 cm³/mol. The predicted octanol–water partition coefficient (Wildman–Crippen LogP) is 2.97. The van der Waals surface area contributed by atoms with E-state index in [1.165, 1.54) is 22.5 Å². The molecule has 0 fully saturated rings. The molecule has 1 aromatic rings. The summed E-state index contributed by atoms with van der Waals surface area (Å²) in [5.74, 6) is 0.722. The van der Waals surface area contributed by atoms with Crippen LogP contribution in [0.4, 0.5) is 0 Å². The molecule has 0 amide bonds. The average molecular weight is 333 g/mol. The van der Waals surface area contributed by atoms with E-state index in [9.17, 15) is 8.42 Å². The van der Waals surface area contributed by atoms with Crippen LogP contribution in [0, 0.1) is 11.3 Å². The smallest absolute Gasteiger partial charge is 0.207 e. The second-order valence-electron chi connectivity index (χ2n) is 4.30. The molecule has 0 saturated carbocycles. The Balaban J connectivity index is 3.19. The molecule has 1 unspecified atom stereocenters. The molecule has 0 aromatic heterocycles. The summed E-state index contributed by atoms with van der Waals surface area (Å²) in [6.45, 7) is 1.95. The van der Waals surface area contributed by atoms with Crippen molar-refractivity contribution in [2.75, 3.05) is 19.1 Å². The van der Waals surface area contributed by atoms with Gasteiger partial charge < -0.3 is 0 Å². The van der Waals surface area contributed by atoms with Crippen LogP contribution in [-0.2, 0) is 10.0 Å². The Morgan fingerprint density at radius 3 is 2.60 bits per heavy atom. The topological polar surface area (TPSA) is 61.2 Å². The number of halogens is 1. The summed E-state index contributed by atoms with van der Waals surface area (Å²) < 4.78 is 26.5. The molecule has 1 aromatic carbocycles. The first-order chi connectivity index (χ1) is 9.38. The van der Waals surface area contributed by atoms with Crippen molar-refractivity contribution >= 4 is 33.4 Å². The molecule has 0 aliphatic carbocycles. The van der Waals surface area contributed by atoms with Crippen LogP contribution in [0.15, 0.2) is 23.1 Å². The van der Waals surface area contributed by atoms with Crippen molar-refractivity contribution in [3.8, 4) is 6.07 Å². The fourth-order valence-electron chi connectivity index (χ4n) is 1.80. The highest BCUT2D eigenvalue weighted by Gasteiger charge is 2.28. The van der Waals surface area contributed by atoms with Crippen LogP contribution in [0.2, 0.25) is 5.02 Å². The van der Waals surface area contributed by atoms with E-state index < -0.39 is 10.0 Å². The van der Waals surface area contributed by atoms with Crippen molar-refractivity contribution in [3.63, 3.8) is 0 Å². The average Bonchev–Trinajstić information content (AvgIpc) is 2.43. The van der Waals surface area contributed by atoms with E-state index in [2.05, 4.69) is 0 Å². The Bertz CT molecular complexity index is 611. The summed E-state index contributed by atoms with van der Waals surface area (Å²) in [5, 5.41) is 8.87. The van der Waals surface area contributed by atoms with E-state index in [1.54, 1.807) is 18.8 Å². The quantitative estimate of drug-likeness (QED) is 0.803. The SMILES string of the molecule is CCC(CSC)N(C)S(=O)(=O)c1ccc(C#N)cc1Cl. The van der Waals surface area contributed by atoms with Gasteiger partial charge >= 0.3 is 0 Å². The van der Waals surface area contributed by atoms with Crippen molar-refractivity contribution in [2.24, 2.45) is 0 Å². The van der Waals surface area contributed by atoms with E-state index >= 15 is 0 Å². The number of hydrogen-bond donors (Lipinski definition) is 0. The van der Waals surface area contributed by atoms with Crippen LogP contribution in [0.1, 0.15) is 18.9 Å². The van der Waals surface area contributed by atoms with Crippen LogP contribution >= 0.6 is 23.4 Å². The van der Waals surface area contributed by atoms with Crippen molar-refractivity contribution in [1.82, 2.24) is 4.31 Å². The normalized spacial score (nSPS) is 13.2. The maximum absolute atomic E-state index is 12.6. The fourth-order valence-corrected chi connectivity index (χ4v) is 4.69. The lowest BCUT2D eigenvalue weighted by Crippen LogP contribution is -2.38. The first kappa shape index (κ1) is 17.3. The second-order valence-corrected chi connectivity index (χ2v) is 7.58. The van der Waals surface area contributed by atoms with Gasteiger partial charge in [0.05, 0.1) is 16.7 Å². The summed E-state index contributed by atoms with van der Waals surface area (Å²) in [6.07, 6.45) is 2.67. The molecule has 0 aliphatic heterocycles. The van der Waals surface area contributed by atoms with Gasteiger partial charge in [-0.05, 0) is 30.9 Å². The molecule has 0 spiro atoms. The minimum Gasteiger partial charge on any atom is -0.207 e. The molecule has 4 nitrogen and oxygen atoms in total. The molecular weight excluding hydrogens is 316 g/mol. The Morgan fingerprint density at radius 1 is 1.50 bits per heavy atom. The first-order valence-corrected chi connectivity index (χ1v) is 9.26. The number of thioether (sulfide) groups is 1. The van der Waals surface area contributed by atoms with E-state index in [4.69, 9.17) is 16.9 Å². The highest BCUT2D eigenvalue weighted by molar-refractivity contribution is 7.98. The van der Waals surface area contributed by atoms with Crippen molar-refractivity contribution < 1.29 is 8.42 Å². The molecule has 0 aliphatic rings. The highest BCUT2D eigenvalue weighted by atomic mass is 35.5. The summed E-state index contributed by atoms with van der Waals surface area (Å²) in [5.41, 5.74) is 0.341. The summed E-state index contributed by atoms with van der Waals surface area (Å²) in [7, 11) is -2.09. The zero-order valence-electron chi connectivity index (χ0n) is 11.6. The van der Waals surface area contributed by atoms with Gasteiger partial charge in [0.1, 0.15) is 4.90 Å². The number of benzene rings is 1. The van der Waals surface area contributed by atoms with Gasteiger partial charge in [0.25, 0.3) is 0 Å². The molecule has 7 heteroatoms. The first-order valence-electron chi connectivity index (χ1n) is 6.05. The van der Waals surface area contributed by atoms with Crippen molar-refractivity contribution in [3.05, 3.63) is 28.8 Å². The van der Waals surface area contributed by atoms with Crippen LogP contribution < -0.4 is 0 Å². The summed E-state index contributed by atoms with van der Waals surface area (Å²) in [6, 6.07) is 6.07. The second kappa shape index (κ2) is 7.32. The lowest BCUT2D eigenvalue weighted by Gasteiger charge is -2.26. The fraction of sp³-hybridized carbons (Fsp3) is 0.462. The molecule has 0 radical (unpaired) electrons. The molecule has 110 valence electrons. The van der Waals surface area contributed by atoms with Gasteiger partial charge in [0, 0.05) is 18.8 Å². The molecule has 0 saturated heterocycles. The molecule has 1 rings (SSSR count). The monoisotopic (exact) mass is 332 g/mol. The number of nitriles is 1. The summed E-state index contributed by atoms with van der Waals surface area (Å²) in [4.78, 5) is 0.0419. The third-order valence-electron chi connectivity index (χ3n) is 3.06. The third kappa shape index (κ3) is 3.67. The summed E-state index contributed by atoms with van der Waals surface area (Å²) >= 11 is 7.60. The molecule has 0 bridgehead atoms. The van der Waals surface area contributed by atoms with E-state index in [1.807, 2.05) is 19.2 Å². The van der Waals surface area contributed by atoms with Gasteiger partial charge in [-0.15, -0.1) is 0 Å². The molecule has 0 heterocycles. The maximum atomic E-state index is 12.6. The molecule has 0 N–H and O–H groups in total. The van der Waals surface area contributed by atoms with E-state index in [-0.39, 0.29) is 16.0 Å². The Kier molecular flexibility index (Phi) is 6.34. The van der Waals surface area contributed by atoms with Gasteiger partial charge in [0.15, 0.2) is 0 Å². The number of hydrogen-bond acceptors (Lipinski definition) is 4. The Morgan fingerprint density at radius 2 is 2.15 bits per heavy atom. The van der Waals surface area contributed by atoms with E-state index in [0.717, 1.165) is 12.2 Å². The number of rotatable bonds is 6. The van der Waals surface area contributed by atoms with Crippen molar-refractivity contribution in [1.29, 1.82) is 5.26 Å². The third-order valence-corrected chi connectivity index (χ3v) is 6.17.